The van der Waals surface area contributed by atoms with Crippen molar-refractivity contribution in [3.8, 4) is 5.75 Å². The number of pyridine rings is 1. The molecule has 0 unspecified atom stereocenters. The van der Waals surface area contributed by atoms with E-state index in [4.69, 9.17) is 4.74 Å². The molecule has 2 aromatic rings. The summed E-state index contributed by atoms with van der Waals surface area (Å²) in [6.07, 6.45) is 6.53. The molecule has 28 heavy (non-hydrogen) atoms. The summed E-state index contributed by atoms with van der Waals surface area (Å²) in [6, 6.07) is 14.1. The Morgan fingerprint density at radius 3 is 2.68 bits per heavy atom. The van der Waals surface area contributed by atoms with Crippen molar-refractivity contribution in [1.82, 2.24) is 15.6 Å². The van der Waals surface area contributed by atoms with Gasteiger partial charge in [-0.25, -0.2) is 4.98 Å². The molecule has 0 saturated heterocycles. The number of para-hydroxylation sites is 1. The quantitative estimate of drug-likeness (QED) is 0.316. The molecule has 0 radical (unpaired) electrons. The van der Waals surface area contributed by atoms with Gasteiger partial charge in [-0.15, -0.1) is 0 Å². The summed E-state index contributed by atoms with van der Waals surface area (Å²) in [7, 11) is 1.80. The lowest BCUT2D eigenvalue weighted by Crippen LogP contribution is -2.37. The number of aliphatic imine (C=N–C) groups is 1. The van der Waals surface area contributed by atoms with Gasteiger partial charge in [-0.3, -0.25) is 4.99 Å². The van der Waals surface area contributed by atoms with Crippen molar-refractivity contribution in [1.29, 1.82) is 0 Å². The molecule has 0 spiro atoms. The highest BCUT2D eigenvalue weighted by molar-refractivity contribution is 5.79. The molecule has 150 valence electrons. The van der Waals surface area contributed by atoms with Gasteiger partial charge in [0.05, 0.1) is 6.61 Å². The van der Waals surface area contributed by atoms with Crippen LogP contribution in [-0.2, 0) is 6.54 Å². The Hall–Kier alpha value is -2.76. The highest BCUT2D eigenvalue weighted by atomic mass is 16.5. The molecule has 3 N–H and O–H groups in total. The van der Waals surface area contributed by atoms with E-state index in [9.17, 15) is 0 Å². The maximum atomic E-state index is 5.98. The van der Waals surface area contributed by atoms with Crippen LogP contribution in [0, 0.1) is 5.92 Å². The third kappa shape index (κ3) is 7.10. The Kier molecular flexibility index (Phi) is 7.97. The molecule has 1 heterocycles. The number of guanidine groups is 1. The average molecular weight is 382 g/mol. The second-order valence-electron chi connectivity index (χ2n) is 7.06. The van der Waals surface area contributed by atoms with Gasteiger partial charge in [0.2, 0.25) is 0 Å². The van der Waals surface area contributed by atoms with Crippen LogP contribution < -0.4 is 20.7 Å². The van der Waals surface area contributed by atoms with Crippen LogP contribution in [0.1, 0.15) is 31.2 Å². The zero-order valence-corrected chi connectivity index (χ0v) is 16.7. The fourth-order valence-corrected chi connectivity index (χ4v) is 2.82. The highest BCUT2D eigenvalue weighted by Crippen LogP contribution is 2.30. The van der Waals surface area contributed by atoms with Crippen LogP contribution in [0.2, 0.25) is 0 Å². The van der Waals surface area contributed by atoms with E-state index in [2.05, 4.69) is 32.0 Å². The van der Waals surface area contributed by atoms with Crippen LogP contribution in [0.15, 0.2) is 53.7 Å². The van der Waals surface area contributed by atoms with E-state index in [1.807, 2.05) is 36.4 Å². The molecule has 0 amide bonds. The predicted octanol–water partition coefficient (Wildman–Crippen LogP) is 3.43. The molecular weight excluding hydrogens is 350 g/mol. The van der Waals surface area contributed by atoms with Crippen LogP contribution in [0.4, 0.5) is 5.82 Å². The normalized spacial score (nSPS) is 13.8. The fourth-order valence-electron chi connectivity index (χ4n) is 2.82. The van der Waals surface area contributed by atoms with Crippen molar-refractivity contribution in [3.63, 3.8) is 0 Å². The summed E-state index contributed by atoms with van der Waals surface area (Å²) in [5.74, 6) is 3.46. The van der Waals surface area contributed by atoms with E-state index in [0.29, 0.717) is 6.54 Å². The first-order valence-electron chi connectivity index (χ1n) is 10.2. The van der Waals surface area contributed by atoms with Gasteiger partial charge in [0.15, 0.2) is 5.96 Å². The Morgan fingerprint density at radius 1 is 1.07 bits per heavy atom. The fraction of sp³-hybridized carbons (Fsp3) is 0.455. The number of hydrogen-bond acceptors (Lipinski definition) is 4. The van der Waals surface area contributed by atoms with Gasteiger partial charge in [-0.1, -0.05) is 24.3 Å². The summed E-state index contributed by atoms with van der Waals surface area (Å²) in [6.45, 7) is 3.32. The van der Waals surface area contributed by atoms with E-state index < -0.39 is 0 Å². The smallest absolute Gasteiger partial charge is 0.191 e. The predicted molar refractivity (Wildman–Crippen MR) is 115 cm³/mol. The van der Waals surface area contributed by atoms with Gasteiger partial charge in [0, 0.05) is 38.4 Å². The summed E-state index contributed by atoms with van der Waals surface area (Å²) in [4.78, 5) is 8.57. The Morgan fingerprint density at radius 2 is 1.89 bits per heavy atom. The molecule has 0 bridgehead atoms. The maximum absolute atomic E-state index is 5.98. The number of ether oxygens (including phenoxy) is 1. The van der Waals surface area contributed by atoms with Crippen molar-refractivity contribution in [3.05, 3.63) is 54.2 Å². The zero-order chi connectivity index (χ0) is 19.4. The van der Waals surface area contributed by atoms with Gasteiger partial charge < -0.3 is 20.7 Å². The molecule has 1 aliphatic rings. The minimum atomic E-state index is 0.696. The SMILES string of the molecule is CN=C(NCCCCNc1ccccn1)NCc1ccccc1OCC1CC1. The maximum Gasteiger partial charge on any atom is 0.191 e. The third-order valence-corrected chi connectivity index (χ3v) is 4.68. The van der Waals surface area contributed by atoms with Crippen LogP contribution in [0.5, 0.6) is 5.75 Å². The van der Waals surface area contributed by atoms with E-state index in [1.54, 1.807) is 13.2 Å². The molecule has 1 fully saturated rings. The zero-order valence-electron chi connectivity index (χ0n) is 16.7. The van der Waals surface area contributed by atoms with Crippen molar-refractivity contribution < 1.29 is 4.74 Å². The number of rotatable bonds is 11. The second-order valence-corrected chi connectivity index (χ2v) is 7.06. The van der Waals surface area contributed by atoms with Gasteiger partial charge in [-0.05, 0) is 49.8 Å². The lowest BCUT2D eigenvalue weighted by atomic mass is 10.2. The molecular formula is C22H31N5O. The number of nitrogens with one attached hydrogen (secondary N) is 3. The summed E-state index contributed by atoms with van der Waals surface area (Å²) in [5.41, 5.74) is 1.16. The van der Waals surface area contributed by atoms with E-state index in [1.165, 1.54) is 12.8 Å². The first kappa shape index (κ1) is 20.0. The van der Waals surface area contributed by atoms with E-state index in [0.717, 1.165) is 61.5 Å². The molecule has 1 aromatic heterocycles. The average Bonchev–Trinajstić information content (AvgIpc) is 3.57. The number of benzene rings is 1. The first-order valence-corrected chi connectivity index (χ1v) is 10.2. The third-order valence-electron chi connectivity index (χ3n) is 4.68. The molecule has 3 rings (SSSR count). The molecule has 1 aromatic carbocycles. The second kappa shape index (κ2) is 11.2. The van der Waals surface area contributed by atoms with Crippen molar-refractivity contribution in [2.75, 3.05) is 32.1 Å². The van der Waals surface area contributed by atoms with Crippen molar-refractivity contribution in [2.24, 2.45) is 10.9 Å². The van der Waals surface area contributed by atoms with Crippen molar-refractivity contribution >= 4 is 11.8 Å². The highest BCUT2D eigenvalue weighted by Gasteiger charge is 2.22. The molecule has 6 heteroatoms. The number of hydrogen-bond donors (Lipinski definition) is 3. The van der Waals surface area contributed by atoms with Crippen LogP contribution in [-0.4, -0.2) is 37.7 Å². The van der Waals surface area contributed by atoms with Gasteiger partial charge in [0.25, 0.3) is 0 Å². The summed E-state index contributed by atoms with van der Waals surface area (Å²) in [5, 5.41) is 10.1. The van der Waals surface area contributed by atoms with Crippen LogP contribution in [0.3, 0.4) is 0 Å². The molecule has 1 aliphatic carbocycles. The lowest BCUT2D eigenvalue weighted by Gasteiger charge is -2.15. The van der Waals surface area contributed by atoms with Gasteiger partial charge >= 0.3 is 0 Å². The van der Waals surface area contributed by atoms with Crippen LogP contribution in [0.25, 0.3) is 0 Å². The number of anilines is 1. The van der Waals surface area contributed by atoms with E-state index in [-0.39, 0.29) is 0 Å². The Labute approximate surface area is 167 Å². The topological polar surface area (TPSA) is 70.6 Å². The number of aromatic nitrogens is 1. The first-order chi connectivity index (χ1) is 13.8. The minimum Gasteiger partial charge on any atom is -0.493 e. The van der Waals surface area contributed by atoms with Gasteiger partial charge in [-0.2, -0.15) is 0 Å². The summed E-state index contributed by atoms with van der Waals surface area (Å²) < 4.78 is 5.98. The van der Waals surface area contributed by atoms with Crippen molar-refractivity contribution in [2.45, 2.75) is 32.2 Å². The molecule has 6 nitrogen and oxygen atoms in total. The summed E-state index contributed by atoms with van der Waals surface area (Å²) >= 11 is 0. The molecule has 1 saturated carbocycles. The van der Waals surface area contributed by atoms with Crippen LogP contribution >= 0.6 is 0 Å². The molecule has 0 aliphatic heterocycles. The minimum absolute atomic E-state index is 0.696. The monoisotopic (exact) mass is 381 g/mol. The number of unbranched alkanes of at least 4 members (excludes halogenated alkanes) is 1. The molecule has 0 atom stereocenters. The largest absolute Gasteiger partial charge is 0.493 e. The number of nitrogens with zero attached hydrogens (tertiary/aromatic N) is 2. The van der Waals surface area contributed by atoms with E-state index >= 15 is 0 Å². The Bertz CT molecular complexity index is 731. The van der Waals surface area contributed by atoms with Gasteiger partial charge in [0.1, 0.15) is 11.6 Å². The standard InChI is InChI=1S/C22H31N5O/c1-23-22(26-15-7-6-14-25-21-10-4-5-13-24-21)27-16-19-8-2-3-9-20(19)28-17-18-11-12-18/h2-5,8-10,13,18H,6-7,11-12,14-17H2,1H3,(H,24,25)(H2,23,26,27). The Balaban J connectivity index is 1.32. The lowest BCUT2D eigenvalue weighted by molar-refractivity contribution is 0.296.